The van der Waals surface area contributed by atoms with E-state index in [1.54, 1.807) is 7.11 Å². The predicted octanol–water partition coefficient (Wildman–Crippen LogP) is 3.46. The van der Waals surface area contributed by atoms with Crippen molar-refractivity contribution in [2.24, 2.45) is 0 Å². The Morgan fingerprint density at radius 3 is 2.94 bits per heavy atom. The summed E-state index contributed by atoms with van der Waals surface area (Å²) in [5.74, 6) is 0.984. The number of aryl methyl sites for hydroxylation is 1. The molecule has 0 saturated heterocycles. The molecule has 0 amide bonds. The normalized spacial score (nSPS) is 15.1. The van der Waals surface area contributed by atoms with Gasteiger partial charge in [0, 0.05) is 16.3 Å². The Bertz CT molecular complexity index is 615. The Morgan fingerprint density at radius 1 is 1.35 bits per heavy atom. The number of carbonyl (C=O) groups excluding carboxylic acids is 1. The number of ketones is 1. The summed E-state index contributed by atoms with van der Waals surface area (Å²) in [6.07, 6.45) is 2.54. The molecule has 0 unspecified atom stereocenters. The van der Waals surface area contributed by atoms with Crippen molar-refractivity contribution in [2.75, 3.05) is 7.11 Å². The van der Waals surface area contributed by atoms with Crippen molar-refractivity contribution in [1.29, 1.82) is 0 Å². The third-order valence-electron chi connectivity index (χ3n) is 3.27. The number of Topliss-reactive ketones (excluding diaryl/α,β-unsaturated/α-hetero) is 1. The number of hydrogen-bond acceptors (Lipinski definition) is 2. The second kappa shape index (κ2) is 3.88. The first-order valence-corrected chi connectivity index (χ1v) is 6.41. The molecule has 1 aromatic carbocycles. The van der Waals surface area contributed by atoms with E-state index in [0.717, 1.165) is 45.2 Å². The van der Waals surface area contributed by atoms with Crippen LogP contribution in [0, 0.1) is 0 Å². The van der Waals surface area contributed by atoms with Gasteiger partial charge >= 0.3 is 0 Å². The van der Waals surface area contributed by atoms with E-state index in [9.17, 15) is 4.79 Å². The molecule has 4 heteroatoms. The zero-order chi connectivity index (χ0) is 12.0. The van der Waals surface area contributed by atoms with Crippen LogP contribution in [-0.2, 0) is 6.42 Å². The summed E-state index contributed by atoms with van der Waals surface area (Å²) in [5.41, 5.74) is 2.83. The highest BCUT2D eigenvalue weighted by molar-refractivity contribution is 9.10. The van der Waals surface area contributed by atoms with E-state index in [2.05, 4.69) is 20.9 Å². The smallest absolute Gasteiger partial charge is 0.179 e. The average molecular weight is 294 g/mol. The molecule has 88 valence electrons. The van der Waals surface area contributed by atoms with Crippen LogP contribution in [0.4, 0.5) is 0 Å². The first-order chi connectivity index (χ1) is 8.20. The molecule has 0 fully saturated rings. The maximum Gasteiger partial charge on any atom is 0.179 e. The molecule has 1 aliphatic rings. The third kappa shape index (κ3) is 1.59. The van der Waals surface area contributed by atoms with Crippen LogP contribution >= 0.6 is 15.9 Å². The summed E-state index contributed by atoms with van der Waals surface area (Å²) >= 11 is 3.47. The number of benzene rings is 1. The molecule has 0 aliphatic heterocycles. The van der Waals surface area contributed by atoms with Crippen molar-refractivity contribution in [3.8, 4) is 5.75 Å². The fourth-order valence-corrected chi connectivity index (χ4v) is 2.93. The van der Waals surface area contributed by atoms with E-state index in [0.29, 0.717) is 6.42 Å². The van der Waals surface area contributed by atoms with Crippen molar-refractivity contribution in [3.63, 3.8) is 0 Å². The minimum atomic E-state index is 0.209. The van der Waals surface area contributed by atoms with Gasteiger partial charge in [0.1, 0.15) is 5.75 Å². The van der Waals surface area contributed by atoms with Crippen LogP contribution in [-0.4, -0.2) is 17.9 Å². The number of carbonyl (C=O) groups is 1. The van der Waals surface area contributed by atoms with Crippen LogP contribution in [0.2, 0.25) is 0 Å². The van der Waals surface area contributed by atoms with Gasteiger partial charge in [0.05, 0.1) is 18.3 Å². The van der Waals surface area contributed by atoms with Crippen molar-refractivity contribution >= 4 is 32.6 Å². The standard InChI is InChI=1S/C13H12BrNO2/c1-17-11-6-7(14)5-9-8-3-2-4-10(16)12(8)15-13(9)11/h5-6,15H,2-4H2,1H3. The van der Waals surface area contributed by atoms with E-state index >= 15 is 0 Å². The number of methoxy groups -OCH3 is 1. The van der Waals surface area contributed by atoms with Gasteiger partial charge in [0.15, 0.2) is 5.78 Å². The van der Waals surface area contributed by atoms with Crippen molar-refractivity contribution in [2.45, 2.75) is 19.3 Å². The summed E-state index contributed by atoms with van der Waals surface area (Å²) in [4.78, 5) is 15.1. The number of halogens is 1. The second-order valence-corrected chi connectivity index (χ2v) is 5.20. The molecule has 0 atom stereocenters. The summed E-state index contributed by atoms with van der Waals surface area (Å²) in [7, 11) is 1.64. The number of aromatic amines is 1. The van der Waals surface area contributed by atoms with Crippen LogP contribution in [0.25, 0.3) is 10.9 Å². The van der Waals surface area contributed by atoms with Crippen LogP contribution in [0.15, 0.2) is 16.6 Å². The molecule has 0 bridgehead atoms. The topological polar surface area (TPSA) is 42.1 Å². The van der Waals surface area contributed by atoms with E-state index in [1.165, 1.54) is 0 Å². The zero-order valence-corrected chi connectivity index (χ0v) is 11.1. The van der Waals surface area contributed by atoms with Gasteiger partial charge in [0.2, 0.25) is 0 Å². The largest absolute Gasteiger partial charge is 0.495 e. The number of rotatable bonds is 1. The minimum Gasteiger partial charge on any atom is -0.495 e. The average Bonchev–Trinajstić information content (AvgIpc) is 2.68. The maximum atomic E-state index is 11.9. The van der Waals surface area contributed by atoms with Crippen LogP contribution in [0.3, 0.4) is 0 Å². The second-order valence-electron chi connectivity index (χ2n) is 4.29. The monoisotopic (exact) mass is 293 g/mol. The molecule has 1 heterocycles. The molecule has 3 rings (SSSR count). The van der Waals surface area contributed by atoms with Crippen LogP contribution in [0.1, 0.15) is 28.9 Å². The lowest BCUT2D eigenvalue weighted by atomic mass is 9.95. The van der Waals surface area contributed by atoms with Crippen molar-refractivity contribution in [3.05, 3.63) is 27.9 Å². The van der Waals surface area contributed by atoms with Gasteiger partial charge in [0.25, 0.3) is 0 Å². The number of aromatic nitrogens is 1. The number of ether oxygens (including phenoxy) is 1. The Labute approximate surface area is 107 Å². The first-order valence-electron chi connectivity index (χ1n) is 5.62. The van der Waals surface area contributed by atoms with Gasteiger partial charge in [-0.3, -0.25) is 4.79 Å². The van der Waals surface area contributed by atoms with E-state index in [-0.39, 0.29) is 5.78 Å². The molecule has 1 N–H and O–H groups in total. The third-order valence-corrected chi connectivity index (χ3v) is 3.73. The van der Waals surface area contributed by atoms with Gasteiger partial charge < -0.3 is 9.72 Å². The molecule has 1 aromatic heterocycles. The van der Waals surface area contributed by atoms with Gasteiger partial charge in [-0.25, -0.2) is 0 Å². The quantitative estimate of drug-likeness (QED) is 0.875. The maximum absolute atomic E-state index is 11.9. The summed E-state index contributed by atoms with van der Waals surface area (Å²) < 4.78 is 6.32. The first kappa shape index (κ1) is 10.8. The van der Waals surface area contributed by atoms with Gasteiger partial charge in [-0.15, -0.1) is 0 Å². The number of H-pyrrole nitrogens is 1. The van der Waals surface area contributed by atoms with Crippen LogP contribution < -0.4 is 4.74 Å². The highest BCUT2D eigenvalue weighted by Crippen LogP contribution is 2.36. The number of fused-ring (bicyclic) bond motifs is 3. The molecule has 1 aliphatic carbocycles. The van der Waals surface area contributed by atoms with Gasteiger partial charge in [-0.2, -0.15) is 0 Å². The van der Waals surface area contributed by atoms with Crippen LogP contribution in [0.5, 0.6) is 5.75 Å². The van der Waals surface area contributed by atoms with E-state index < -0.39 is 0 Å². The Balaban J connectivity index is 2.37. The summed E-state index contributed by atoms with van der Waals surface area (Å²) in [5, 5.41) is 1.10. The Kier molecular flexibility index (Phi) is 2.47. The van der Waals surface area contributed by atoms with Gasteiger partial charge in [-0.05, 0) is 30.5 Å². The lowest BCUT2D eigenvalue weighted by molar-refractivity contribution is 0.0968. The lowest BCUT2D eigenvalue weighted by Gasteiger charge is -2.09. The summed E-state index contributed by atoms with van der Waals surface area (Å²) in [6, 6.07) is 3.96. The molecule has 0 saturated carbocycles. The number of nitrogens with one attached hydrogen (secondary N) is 1. The summed E-state index contributed by atoms with van der Waals surface area (Å²) in [6.45, 7) is 0. The van der Waals surface area contributed by atoms with E-state index in [1.807, 2.05) is 12.1 Å². The fourth-order valence-electron chi connectivity index (χ4n) is 2.49. The molecule has 2 aromatic rings. The lowest BCUT2D eigenvalue weighted by Crippen LogP contribution is -2.09. The fraction of sp³-hybridized carbons (Fsp3) is 0.308. The molecular weight excluding hydrogens is 282 g/mol. The molecule has 0 radical (unpaired) electrons. The molecular formula is C13H12BrNO2. The molecule has 0 spiro atoms. The van der Waals surface area contributed by atoms with E-state index in [4.69, 9.17) is 4.74 Å². The Hall–Kier alpha value is -1.29. The highest BCUT2D eigenvalue weighted by Gasteiger charge is 2.23. The number of hydrogen-bond donors (Lipinski definition) is 1. The van der Waals surface area contributed by atoms with Crippen molar-refractivity contribution < 1.29 is 9.53 Å². The molecule has 17 heavy (non-hydrogen) atoms. The SMILES string of the molecule is COc1cc(Br)cc2c3c([nH]c12)C(=O)CCC3. The zero-order valence-electron chi connectivity index (χ0n) is 9.47. The minimum absolute atomic E-state index is 0.209. The molecule has 3 nitrogen and oxygen atoms in total. The predicted molar refractivity (Wildman–Crippen MR) is 69.8 cm³/mol. The highest BCUT2D eigenvalue weighted by atomic mass is 79.9. The Morgan fingerprint density at radius 2 is 2.18 bits per heavy atom. The van der Waals surface area contributed by atoms with Crippen molar-refractivity contribution in [1.82, 2.24) is 4.98 Å². The van der Waals surface area contributed by atoms with Gasteiger partial charge in [-0.1, -0.05) is 15.9 Å².